The maximum absolute atomic E-state index is 3.64. The van der Waals surface area contributed by atoms with E-state index in [2.05, 4.69) is 30.1 Å². The van der Waals surface area contributed by atoms with Gasteiger partial charge in [-0.3, -0.25) is 4.90 Å². The van der Waals surface area contributed by atoms with E-state index < -0.39 is 0 Å². The Labute approximate surface area is 87.4 Å². The Morgan fingerprint density at radius 2 is 2.29 bits per heavy atom. The molecule has 2 saturated heterocycles. The smallest absolute Gasteiger partial charge is 0.0235 e. The standard InChI is InChI=1S/C12H22N2/c1-10(2)5-7-14-8-11-4-3-6-13-12(11)9-14/h5,11-13H,3-4,6-9H2,1-2H3/t11-,12+/m0/s1. The van der Waals surface area contributed by atoms with Crippen LogP contribution < -0.4 is 5.32 Å². The minimum Gasteiger partial charge on any atom is -0.312 e. The molecule has 0 amide bonds. The lowest BCUT2D eigenvalue weighted by Crippen LogP contribution is -2.40. The quantitative estimate of drug-likeness (QED) is 0.672. The topological polar surface area (TPSA) is 15.3 Å². The molecule has 1 N–H and O–H groups in total. The zero-order valence-electron chi connectivity index (χ0n) is 9.42. The molecule has 2 heterocycles. The van der Waals surface area contributed by atoms with Gasteiger partial charge in [0.25, 0.3) is 0 Å². The fourth-order valence-electron chi connectivity index (χ4n) is 2.60. The summed E-state index contributed by atoms with van der Waals surface area (Å²) in [6, 6.07) is 0.786. The summed E-state index contributed by atoms with van der Waals surface area (Å²) >= 11 is 0. The summed E-state index contributed by atoms with van der Waals surface area (Å²) in [6.45, 7) is 9.31. The van der Waals surface area contributed by atoms with E-state index >= 15 is 0 Å². The summed E-state index contributed by atoms with van der Waals surface area (Å²) in [7, 11) is 0. The molecule has 0 unspecified atom stereocenters. The Morgan fingerprint density at radius 3 is 3.00 bits per heavy atom. The first-order valence-corrected chi connectivity index (χ1v) is 5.85. The van der Waals surface area contributed by atoms with Crippen molar-refractivity contribution in [3.05, 3.63) is 11.6 Å². The van der Waals surface area contributed by atoms with Crippen LogP contribution in [0.3, 0.4) is 0 Å². The molecule has 0 saturated carbocycles. The number of rotatable bonds is 2. The molecular weight excluding hydrogens is 172 g/mol. The van der Waals surface area contributed by atoms with Crippen LogP contribution >= 0.6 is 0 Å². The number of piperidine rings is 1. The molecule has 2 nitrogen and oxygen atoms in total. The Hall–Kier alpha value is -0.340. The summed E-state index contributed by atoms with van der Waals surface area (Å²) in [5.41, 5.74) is 1.44. The minimum atomic E-state index is 0.786. The lowest BCUT2D eigenvalue weighted by molar-refractivity contribution is 0.335. The predicted octanol–water partition coefficient (Wildman–Crippen LogP) is 1.64. The van der Waals surface area contributed by atoms with Crippen LogP contribution in [0, 0.1) is 5.92 Å². The number of allylic oxidation sites excluding steroid dienone is 1. The maximum Gasteiger partial charge on any atom is 0.0235 e. The molecule has 0 aliphatic carbocycles. The van der Waals surface area contributed by atoms with Crippen LogP contribution in [0.4, 0.5) is 0 Å². The lowest BCUT2D eigenvalue weighted by atomic mass is 9.94. The third-order valence-electron chi connectivity index (χ3n) is 3.43. The van der Waals surface area contributed by atoms with Gasteiger partial charge < -0.3 is 5.32 Å². The Kier molecular flexibility index (Phi) is 3.24. The number of fused-ring (bicyclic) bond motifs is 1. The first-order chi connectivity index (χ1) is 6.75. The van der Waals surface area contributed by atoms with E-state index in [1.807, 2.05) is 0 Å². The normalized spacial score (nSPS) is 32.7. The Morgan fingerprint density at radius 1 is 1.43 bits per heavy atom. The van der Waals surface area contributed by atoms with Crippen molar-refractivity contribution in [1.29, 1.82) is 0 Å². The van der Waals surface area contributed by atoms with Crippen LogP contribution in [0.5, 0.6) is 0 Å². The fourth-order valence-corrected chi connectivity index (χ4v) is 2.60. The molecule has 0 aromatic heterocycles. The number of hydrogen-bond acceptors (Lipinski definition) is 2. The summed E-state index contributed by atoms with van der Waals surface area (Å²) in [5, 5.41) is 3.64. The highest BCUT2D eigenvalue weighted by Gasteiger charge is 2.33. The second kappa shape index (κ2) is 4.45. The SMILES string of the molecule is CC(C)=CCN1C[C@@H]2CCCN[C@@H]2C1. The average Bonchev–Trinajstić information content (AvgIpc) is 2.57. The number of hydrogen-bond donors (Lipinski definition) is 1. The lowest BCUT2D eigenvalue weighted by Gasteiger charge is -2.24. The molecule has 0 radical (unpaired) electrons. The molecule has 14 heavy (non-hydrogen) atoms. The van der Waals surface area contributed by atoms with Gasteiger partial charge in [-0.25, -0.2) is 0 Å². The number of likely N-dealkylation sites (tertiary alicyclic amines) is 1. The largest absolute Gasteiger partial charge is 0.312 e. The van der Waals surface area contributed by atoms with E-state index in [1.54, 1.807) is 0 Å². The van der Waals surface area contributed by atoms with Crippen molar-refractivity contribution in [3.63, 3.8) is 0 Å². The van der Waals surface area contributed by atoms with Gasteiger partial charge in [0, 0.05) is 25.7 Å². The van der Waals surface area contributed by atoms with Gasteiger partial charge in [-0.15, -0.1) is 0 Å². The molecule has 0 bridgehead atoms. The van der Waals surface area contributed by atoms with Gasteiger partial charge in [0.1, 0.15) is 0 Å². The van der Waals surface area contributed by atoms with Crippen LogP contribution in [-0.4, -0.2) is 37.1 Å². The van der Waals surface area contributed by atoms with Gasteiger partial charge in [-0.05, 0) is 39.2 Å². The van der Waals surface area contributed by atoms with Gasteiger partial charge >= 0.3 is 0 Å². The van der Waals surface area contributed by atoms with Crippen LogP contribution in [0.25, 0.3) is 0 Å². The van der Waals surface area contributed by atoms with E-state index in [0.717, 1.165) is 18.5 Å². The molecule has 2 aliphatic rings. The molecule has 2 heteroatoms. The van der Waals surface area contributed by atoms with Crippen molar-refractivity contribution in [2.24, 2.45) is 5.92 Å². The van der Waals surface area contributed by atoms with Gasteiger partial charge in [0.15, 0.2) is 0 Å². The summed E-state index contributed by atoms with van der Waals surface area (Å²) in [6.07, 6.45) is 5.15. The van der Waals surface area contributed by atoms with Gasteiger partial charge in [0.05, 0.1) is 0 Å². The number of nitrogens with zero attached hydrogens (tertiary/aromatic N) is 1. The molecule has 80 valence electrons. The fraction of sp³-hybridized carbons (Fsp3) is 0.833. The highest BCUT2D eigenvalue weighted by atomic mass is 15.2. The van der Waals surface area contributed by atoms with Crippen molar-refractivity contribution in [3.8, 4) is 0 Å². The van der Waals surface area contributed by atoms with Crippen LogP contribution in [0.2, 0.25) is 0 Å². The van der Waals surface area contributed by atoms with E-state index in [9.17, 15) is 0 Å². The monoisotopic (exact) mass is 194 g/mol. The van der Waals surface area contributed by atoms with Crippen LogP contribution in [0.15, 0.2) is 11.6 Å². The van der Waals surface area contributed by atoms with Crippen molar-refractivity contribution in [2.45, 2.75) is 32.7 Å². The molecule has 2 aliphatic heterocycles. The van der Waals surface area contributed by atoms with Crippen LogP contribution in [0.1, 0.15) is 26.7 Å². The second-order valence-electron chi connectivity index (χ2n) is 4.96. The van der Waals surface area contributed by atoms with E-state index in [1.165, 1.54) is 38.0 Å². The third kappa shape index (κ3) is 2.37. The molecular formula is C12H22N2. The van der Waals surface area contributed by atoms with Crippen molar-refractivity contribution < 1.29 is 0 Å². The van der Waals surface area contributed by atoms with E-state index in [4.69, 9.17) is 0 Å². The Balaban J connectivity index is 1.84. The van der Waals surface area contributed by atoms with Crippen LogP contribution in [-0.2, 0) is 0 Å². The van der Waals surface area contributed by atoms with Crippen molar-refractivity contribution in [1.82, 2.24) is 10.2 Å². The zero-order chi connectivity index (χ0) is 9.97. The Bertz CT molecular complexity index is 204. The number of nitrogens with one attached hydrogen (secondary N) is 1. The second-order valence-corrected chi connectivity index (χ2v) is 4.96. The minimum absolute atomic E-state index is 0.786. The molecule has 2 atom stereocenters. The molecule has 0 spiro atoms. The molecule has 0 aromatic rings. The van der Waals surface area contributed by atoms with E-state index in [0.29, 0.717) is 0 Å². The first kappa shape index (κ1) is 10.2. The molecule has 2 rings (SSSR count). The van der Waals surface area contributed by atoms with Crippen molar-refractivity contribution in [2.75, 3.05) is 26.2 Å². The first-order valence-electron chi connectivity index (χ1n) is 5.85. The highest BCUT2D eigenvalue weighted by molar-refractivity contribution is 4.99. The van der Waals surface area contributed by atoms with E-state index in [-0.39, 0.29) is 0 Å². The zero-order valence-corrected chi connectivity index (χ0v) is 9.42. The predicted molar refractivity (Wildman–Crippen MR) is 60.4 cm³/mol. The summed E-state index contributed by atoms with van der Waals surface area (Å²) in [5.74, 6) is 0.925. The van der Waals surface area contributed by atoms with Crippen molar-refractivity contribution >= 4 is 0 Å². The average molecular weight is 194 g/mol. The highest BCUT2D eigenvalue weighted by Crippen LogP contribution is 2.24. The summed E-state index contributed by atoms with van der Waals surface area (Å²) < 4.78 is 0. The van der Waals surface area contributed by atoms with Gasteiger partial charge in [-0.2, -0.15) is 0 Å². The third-order valence-corrected chi connectivity index (χ3v) is 3.43. The molecule has 2 fully saturated rings. The summed E-state index contributed by atoms with van der Waals surface area (Å²) in [4.78, 5) is 2.58. The van der Waals surface area contributed by atoms with Gasteiger partial charge in [-0.1, -0.05) is 11.6 Å². The maximum atomic E-state index is 3.64. The molecule has 0 aromatic carbocycles. The van der Waals surface area contributed by atoms with Gasteiger partial charge in [0.2, 0.25) is 0 Å².